The molecule has 2 aromatic rings. The van der Waals surface area contributed by atoms with Crippen molar-refractivity contribution in [3.8, 4) is 0 Å². The van der Waals surface area contributed by atoms with E-state index in [9.17, 15) is 4.79 Å². The molecule has 152 valence electrons. The molecule has 1 amide bonds. The lowest BCUT2D eigenvalue weighted by Gasteiger charge is -2.39. The number of hydrogen-bond acceptors (Lipinski definition) is 3. The first-order chi connectivity index (χ1) is 14.3. The van der Waals surface area contributed by atoms with Crippen LogP contribution in [0.25, 0.3) is 0 Å². The SMILES string of the molecule is O=C(NC1CC2CC(N3CCN(c4ccccc4)CC3)CC2C1)c1ccccc1. The van der Waals surface area contributed by atoms with Crippen LogP contribution < -0.4 is 10.2 Å². The summed E-state index contributed by atoms with van der Waals surface area (Å²) in [7, 11) is 0. The number of carbonyl (C=O) groups is 1. The van der Waals surface area contributed by atoms with Gasteiger partial charge in [-0.05, 0) is 61.8 Å². The van der Waals surface area contributed by atoms with E-state index in [1.807, 2.05) is 30.3 Å². The molecule has 4 heteroatoms. The Bertz CT molecular complexity index is 802. The highest BCUT2D eigenvalue weighted by atomic mass is 16.1. The molecule has 1 heterocycles. The van der Waals surface area contributed by atoms with Crippen molar-refractivity contribution in [2.75, 3.05) is 31.1 Å². The summed E-state index contributed by atoms with van der Waals surface area (Å²) in [6.45, 7) is 4.61. The zero-order chi connectivity index (χ0) is 19.6. The Labute approximate surface area is 173 Å². The van der Waals surface area contributed by atoms with Gasteiger partial charge in [-0.2, -0.15) is 0 Å². The smallest absolute Gasteiger partial charge is 0.251 e. The highest BCUT2D eigenvalue weighted by molar-refractivity contribution is 5.94. The number of nitrogens with zero attached hydrogens (tertiary/aromatic N) is 2. The molecule has 1 N–H and O–H groups in total. The molecule has 1 saturated heterocycles. The van der Waals surface area contributed by atoms with Gasteiger partial charge in [0.2, 0.25) is 0 Å². The van der Waals surface area contributed by atoms with Gasteiger partial charge >= 0.3 is 0 Å². The Balaban J connectivity index is 1.10. The molecule has 1 aliphatic heterocycles. The number of anilines is 1. The van der Waals surface area contributed by atoms with Gasteiger partial charge in [0.15, 0.2) is 0 Å². The highest BCUT2D eigenvalue weighted by Gasteiger charge is 2.44. The van der Waals surface area contributed by atoms with E-state index in [1.54, 1.807) is 0 Å². The molecule has 2 aromatic carbocycles. The van der Waals surface area contributed by atoms with Gasteiger partial charge in [0, 0.05) is 49.5 Å². The fourth-order valence-corrected chi connectivity index (χ4v) is 5.84. The average Bonchev–Trinajstić information content (AvgIpc) is 3.34. The molecule has 0 radical (unpaired) electrons. The van der Waals surface area contributed by atoms with E-state index < -0.39 is 0 Å². The van der Waals surface area contributed by atoms with Crippen molar-refractivity contribution in [1.82, 2.24) is 10.2 Å². The molecule has 2 unspecified atom stereocenters. The Morgan fingerprint density at radius 2 is 1.34 bits per heavy atom. The van der Waals surface area contributed by atoms with E-state index in [-0.39, 0.29) is 5.91 Å². The Morgan fingerprint density at radius 3 is 1.97 bits per heavy atom. The summed E-state index contributed by atoms with van der Waals surface area (Å²) in [5.41, 5.74) is 2.13. The first kappa shape index (κ1) is 18.7. The zero-order valence-corrected chi connectivity index (χ0v) is 17.0. The maximum absolute atomic E-state index is 12.5. The average molecular weight is 390 g/mol. The van der Waals surface area contributed by atoms with Gasteiger partial charge in [0.25, 0.3) is 5.91 Å². The van der Waals surface area contributed by atoms with Crippen LogP contribution in [0, 0.1) is 11.8 Å². The van der Waals surface area contributed by atoms with E-state index in [2.05, 4.69) is 45.4 Å². The first-order valence-corrected chi connectivity index (χ1v) is 11.2. The summed E-state index contributed by atoms with van der Waals surface area (Å²) in [6.07, 6.45) is 4.94. The lowest BCUT2D eigenvalue weighted by atomic mass is 10.0. The largest absolute Gasteiger partial charge is 0.369 e. The van der Waals surface area contributed by atoms with Crippen molar-refractivity contribution >= 4 is 11.6 Å². The fraction of sp³-hybridized carbons (Fsp3) is 0.480. The van der Waals surface area contributed by atoms with Gasteiger partial charge in [-0.15, -0.1) is 0 Å². The third kappa shape index (κ3) is 4.04. The molecule has 0 aromatic heterocycles. The first-order valence-electron chi connectivity index (χ1n) is 11.2. The molecular formula is C25H31N3O. The molecule has 4 nitrogen and oxygen atoms in total. The molecular weight excluding hydrogens is 358 g/mol. The topological polar surface area (TPSA) is 35.6 Å². The lowest BCUT2D eigenvalue weighted by molar-refractivity contribution is 0.0934. The third-order valence-electron chi connectivity index (χ3n) is 7.31. The van der Waals surface area contributed by atoms with Crippen LogP contribution in [-0.4, -0.2) is 49.1 Å². The maximum atomic E-state index is 12.5. The number of nitrogens with one attached hydrogen (secondary N) is 1. The number of fused-ring (bicyclic) bond motifs is 1. The number of piperazine rings is 1. The Hall–Kier alpha value is -2.33. The number of benzene rings is 2. The second kappa shape index (κ2) is 8.19. The van der Waals surface area contributed by atoms with Gasteiger partial charge in [-0.1, -0.05) is 36.4 Å². The van der Waals surface area contributed by atoms with Crippen molar-refractivity contribution in [2.45, 2.75) is 37.8 Å². The second-order valence-corrected chi connectivity index (χ2v) is 9.01. The van der Waals surface area contributed by atoms with Crippen molar-refractivity contribution < 1.29 is 4.79 Å². The van der Waals surface area contributed by atoms with Crippen LogP contribution in [-0.2, 0) is 0 Å². The molecule has 5 rings (SSSR count). The molecule has 29 heavy (non-hydrogen) atoms. The third-order valence-corrected chi connectivity index (χ3v) is 7.31. The number of para-hydroxylation sites is 1. The predicted octanol–water partition coefficient (Wildman–Crippen LogP) is 3.80. The number of amides is 1. The molecule has 2 saturated carbocycles. The Morgan fingerprint density at radius 1 is 0.759 bits per heavy atom. The molecule has 2 atom stereocenters. The summed E-state index contributed by atoms with van der Waals surface area (Å²) < 4.78 is 0. The molecule has 3 aliphatic rings. The van der Waals surface area contributed by atoms with E-state index >= 15 is 0 Å². The molecule has 0 spiro atoms. The van der Waals surface area contributed by atoms with E-state index in [0.717, 1.165) is 49.4 Å². The van der Waals surface area contributed by atoms with Crippen molar-refractivity contribution in [3.05, 3.63) is 66.2 Å². The summed E-state index contributed by atoms with van der Waals surface area (Å²) in [5.74, 6) is 1.66. The van der Waals surface area contributed by atoms with Crippen molar-refractivity contribution in [1.29, 1.82) is 0 Å². The molecule has 0 bridgehead atoms. The van der Waals surface area contributed by atoms with Gasteiger partial charge in [0.1, 0.15) is 0 Å². The Kier molecular flexibility index (Phi) is 5.28. The second-order valence-electron chi connectivity index (χ2n) is 9.01. The maximum Gasteiger partial charge on any atom is 0.251 e. The monoisotopic (exact) mass is 389 g/mol. The predicted molar refractivity (Wildman–Crippen MR) is 117 cm³/mol. The van der Waals surface area contributed by atoms with Crippen LogP contribution in [0.15, 0.2) is 60.7 Å². The lowest BCUT2D eigenvalue weighted by Crippen LogP contribution is -2.50. The number of carbonyl (C=O) groups excluding carboxylic acids is 1. The number of hydrogen-bond donors (Lipinski definition) is 1. The van der Waals surface area contributed by atoms with Crippen LogP contribution in [0.4, 0.5) is 5.69 Å². The van der Waals surface area contributed by atoms with Crippen LogP contribution in [0.1, 0.15) is 36.0 Å². The number of rotatable bonds is 4. The van der Waals surface area contributed by atoms with Crippen molar-refractivity contribution in [2.24, 2.45) is 11.8 Å². The van der Waals surface area contributed by atoms with Gasteiger partial charge < -0.3 is 10.2 Å². The van der Waals surface area contributed by atoms with Gasteiger partial charge in [-0.3, -0.25) is 9.69 Å². The molecule has 2 aliphatic carbocycles. The van der Waals surface area contributed by atoms with E-state index in [1.165, 1.54) is 31.6 Å². The minimum absolute atomic E-state index is 0.0872. The summed E-state index contributed by atoms with van der Waals surface area (Å²) in [5, 5.41) is 3.28. The van der Waals surface area contributed by atoms with Crippen LogP contribution in [0.5, 0.6) is 0 Å². The quantitative estimate of drug-likeness (QED) is 0.864. The summed E-state index contributed by atoms with van der Waals surface area (Å²) in [4.78, 5) is 17.7. The zero-order valence-electron chi connectivity index (χ0n) is 17.0. The van der Waals surface area contributed by atoms with Crippen molar-refractivity contribution in [3.63, 3.8) is 0 Å². The minimum Gasteiger partial charge on any atom is -0.369 e. The summed E-state index contributed by atoms with van der Waals surface area (Å²) in [6, 6.07) is 21.5. The van der Waals surface area contributed by atoms with E-state index in [0.29, 0.717) is 6.04 Å². The highest BCUT2D eigenvalue weighted by Crippen LogP contribution is 2.46. The van der Waals surface area contributed by atoms with Crippen LogP contribution in [0.2, 0.25) is 0 Å². The van der Waals surface area contributed by atoms with Gasteiger partial charge in [0.05, 0.1) is 0 Å². The summed E-state index contributed by atoms with van der Waals surface area (Å²) >= 11 is 0. The van der Waals surface area contributed by atoms with Crippen LogP contribution >= 0.6 is 0 Å². The normalized spacial score (nSPS) is 29.6. The molecule has 3 fully saturated rings. The standard InChI is InChI=1S/C25H31N3O/c29-25(19-7-3-1-4-8-19)26-22-15-20-17-24(18-21(20)16-22)28-13-11-27(12-14-28)23-9-5-2-6-10-23/h1-10,20-22,24H,11-18H2,(H,26,29). The fourth-order valence-electron chi connectivity index (χ4n) is 5.84. The van der Waals surface area contributed by atoms with Crippen LogP contribution in [0.3, 0.4) is 0 Å². The van der Waals surface area contributed by atoms with E-state index in [4.69, 9.17) is 0 Å². The minimum atomic E-state index is 0.0872. The van der Waals surface area contributed by atoms with Gasteiger partial charge in [-0.25, -0.2) is 0 Å².